The molecule has 1 fully saturated rings. The van der Waals surface area contributed by atoms with Crippen molar-refractivity contribution in [3.8, 4) is 5.75 Å². The van der Waals surface area contributed by atoms with Gasteiger partial charge in [-0.05, 0) is 29.8 Å². The van der Waals surface area contributed by atoms with Crippen LogP contribution in [0.2, 0.25) is 0 Å². The molecule has 6 heteroatoms. The molecule has 3 rings (SSSR count). The van der Waals surface area contributed by atoms with Crippen molar-refractivity contribution in [1.82, 2.24) is 14.9 Å². The lowest BCUT2D eigenvalue weighted by molar-refractivity contribution is -0.126. The number of aromatic nitrogens is 2. The molecule has 0 radical (unpaired) electrons. The predicted octanol–water partition coefficient (Wildman–Crippen LogP) is 1.85. The highest BCUT2D eigenvalue weighted by atomic mass is 16.5. The van der Waals surface area contributed by atoms with Crippen LogP contribution in [-0.4, -0.2) is 54.1 Å². The van der Waals surface area contributed by atoms with E-state index in [0.29, 0.717) is 13.1 Å². The first-order valence-corrected chi connectivity index (χ1v) is 7.89. The molecular weight excluding hydrogens is 304 g/mol. The van der Waals surface area contributed by atoms with Crippen molar-refractivity contribution >= 4 is 17.9 Å². The van der Waals surface area contributed by atoms with Crippen molar-refractivity contribution in [2.45, 2.75) is 0 Å². The van der Waals surface area contributed by atoms with E-state index in [9.17, 15) is 4.79 Å². The van der Waals surface area contributed by atoms with Crippen LogP contribution in [0, 0.1) is 0 Å². The van der Waals surface area contributed by atoms with Crippen LogP contribution in [0.3, 0.4) is 0 Å². The topological polar surface area (TPSA) is 58.6 Å². The Morgan fingerprint density at radius 2 is 1.88 bits per heavy atom. The summed E-state index contributed by atoms with van der Waals surface area (Å²) in [5.74, 6) is 1.52. The zero-order valence-electron chi connectivity index (χ0n) is 13.6. The average molecular weight is 324 g/mol. The lowest BCUT2D eigenvalue weighted by atomic mass is 10.2. The second-order valence-corrected chi connectivity index (χ2v) is 5.47. The van der Waals surface area contributed by atoms with E-state index in [1.165, 1.54) is 0 Å². The Hall–Kier alpha value is -2.89. The number of piperazine rings is 1. The Bertz CT molecular complexity index is 710. The van der Waals surface area contributed by atoms with E-state index in [0.717, 1.165) is 30.4 Å². The van der Waals surface area contributed by atoms with Crippen LogP contribution >= 0.6 is 0 Å². The Kier molecular flexibility index (Phi) is 5.05. The molecule has 6 nitrogen and oxygen atoms in total. The van der Waals surface area contributed by atoms with Crippen molar-refractivity contribution in [2.24, 2.45) is 0 Å². The molecule has 1 aliphatic heterocycles. The number of carbonyl (C=O) groups excluding carboxylic acids is 1. The van der Waals surface area contributed by atoms with Gasteiger partial charge in [-0.2, -0.15) is 0 Å². The van der Waals surface area contributed by atoms with E-state index in [4.69, 9.17) is 4.74 Å². The van der Waals surface area contributed by atoms with E-state index >= 15 is 0 Å². The summed E-state index contributed by atoms with van der Waals surface area (Å²) in [6.07, 6.45) is 6.90. The molecule has 1 aromatic carbocycles. The lowest BCUT2D eigenvalue weighted by Crippen LogP contribution is -2.48. The highest BCUT2D eigenvalue weighted by Crippen LogP contribution is 2.14. The fourth-order valence-electron chi connectivity index (χ4n) is 2.60. The molecular formula is C18H20N4O2. The van der Waals surface area contributed by atoms with Gasteiger partial charge in [-0.15, -0.1) is 0 Å². The number of methoxy groups -OCH3 is 1. The number of amides is 1. The molecule has 0 saturated carbocycles. The van der Waals surface area contributed by atoms with Crippen LogP contribution in [0.1, 0.15) is 5.56 Å². The molecule has 2 aromatic rings. The monoisotopic (exact) mass is 324 g/mol. The van der Waals surface area contributed by atoms with Gasteiger partial charge < -0.3 is 14.5 Å². The van der Waals surface area contributed by atoms with Crippen molar-refractivity contribution in [3.05, 3.63) is 54.4 Å². The number of anilines is 1. The zero-order chi connectivity index (χ0) is 16.8. The van der Waals surface area contributed by atoms with Crippen molar-refractivity contribution < 1.29 is 9.53 Å². The van der Waals surface area contributed by atoms with Gasteiger partial charge in [0.2, 0.25) is 11.9 Å². The Balaban J connectivity index is 1.56. The number of benzene rings is 1. The number of ether oxygens (including phenoxy) is 1. The van der Waals surface area contributed by atoms with Gasteiger partial charge >= 0.3 is 0 Å². The molecule has 0 spiro atoms. The lowest BCUT2D eigenvalue weighted by Gasteiger charge is -2.34. The van der Waals surface area contributed by atoms with Gasteiger partial charge in [0.15, 0.2) is 0 Å². The molecule has 1 aromatic heterocycles. The number of hydrogen-bond donors (Lipinski definition) is 0. The molecule has 1 amide bonds. The summed E-state index contributed by atoms with van der Waals surface area (Å²) in [5, 5.41) is 0. The van der Waals surface area contributed by atoms with Crippen LogP contribution < -0.4 is 9.64 Å². The van der Waals surface area contributed by atoms with Gasteiger partial charge in [0.1, 0.15) is 5.75 Å². The third-order valence-electron chi connectivity index (χ3n) is 3.94. The van der Waals surface area contributed by atoms with Crippen molar-refractivity contribution in [1.29, 1.82) is 0 Å². The SMILES string of the molecule is COc1cccc(/C=C/C(=O)N2CCN(c3ncccn3)CC2)c1. The highest BCUT2D eigenvalue weighted by molar-refractivity contribution is 5.92. The van der Waals surface area contributed by atoms with Crippen LogP contribution in [-0.2, 0) is 4.79 Å². The van der Waals surface area contributed by atoms with Crippen LogP contribution in [0.5, 0.6) is 5.75 Å². The first-order valence-electron chi connectivity index (χ1n) is 7.89. The Morgan fingerprint density at radius 3 is 2.58 bits per heavy atom. The number of rotatable bonds is 4. The predicted molar refractivity (Wildman–Crippen MR) is 92.9 cm³/mol. The maximum atomic E-state index is 12.3. The quantitative estimate of drug-likeness (QED) is 0.803. The van der Waals surface area contributed by atoms with E-state index in [1.54, 1.807) is 31.6 Å². The minimum Gasteiger partial charge on any atom is -0.497 e. The van der Waals surface area contributed by atoms with E-state index in [1.807, 2.05) is 35.2 Å². The van der Waals surface area contributed by atoms with E-state index in [2.05, 4.69) is 14.9 Å². The summed E-state index contributed by atoms with van der Waals surface area (Å²) in [6.45, 7) is 2.81. The molecule has 1 saturated heterocycles. The largest absolute Gasteiger partial charge is 0.497 e. The molecule has 0 N–H and O–H groups in total. The molecule has 124 valence electrons. The maximum Gasteiger partial charge on any atom is 0.246 e. The fourth-order valence-corrected chi connectivity index (χ4v) is 2.60. The van der Waals surface area contributed by atoms with Crippen molar-refractivity contribution in [3.63, 3.8) is 0 Å². The number of nitrogens with zero attached hydrogens (tertiary/aromatic N) is 4. The third-order valence-corrected chi connectivity index (χ3v) is 3.94. The average Bonchev–Trinajstić information content (AvgIpc) is 2.67. The molecule has 0 unspecified atom stereocenters. The van der Waals surface area contributed by atoms with E-state index < -0.39 is 0 Å². The number of carbonyl (C=O) groups is 1. The summed E-state index contributed by atoms with van der Waals surface area (Å²) >= 11 is 0. The minimum atomic E-state index is 0.0199. The molecule has 2 heterocycles. The summed E-state index contributed by atoms with van der Waals surface area (Å²) in [5.41, 5.74) is 0.944. The van der Waals surface area contributed by atoms with Gasteiger partial charge in [0, 0.05) is 44.6 Å². The van der Waals surface area contributed by atoms with Gasteiger partial charge in [-0.3, -0.25) is 4.79 Å². The Morgan fingerprint density at radius 1 is 1.12 bits per heavy atom. The van der Waals surface area contributed by atoms with Gasteiger partial charge in [-0.25, -0.2) is 9.97 Å². The summed E-state index contributed by atoms with van der Waals surface area (Å²) in [6, 6.07) is 9.42. The first kappa shape index (κ1) is 16.0. The molecule has 0 bridgehead atoms. The van der Waals surface area contributed by atoms with Gasteiger partial charge in [0.05, 0.1) is 7.11 Å². The van der Waals surface area contributed by atoms with Crippen LogP contribution in [0.15, 0.2) is 48.8 Å². The van der Waals surface area contributed by atoms with Gasteiger partial charge in [0.25, 0.3) is 0 Å². The molecule has 0 aliphatic carbocycles. The second-order valence-electron chi connectivity index (χ2n) is 5.47. The number of hydrogen-bond acceptors (Lipinski definition) is 5. The maximum absolute atomic E-state index is 12.3. The first-order chi connectivity index (χ1) is 11.8. The standard InChI is InChI=1S/C18H20N4O2/c1-24-16-5-2-4-15(14-16)6-7-17(23)21-10-12-22(13-11-21)18-19-8-3-9-20-18/h2-9,14H,10-13H2,1H3/b7-6+. The normalized spacial score (nSPS) is 14.9. The molecule has 0 atom stereocenters. The third kappa shape index (κ3) is 3.90. The van der Waals surface area contributed by atoms with Crippen LogP contribution in [0.4, 0.5) is 5.95 Å². The minimum absolute atomic E-state index is 0.0199. The van der Waals surface area contributed by atoms with E-state index in [-0.39, 0.29) is 5.91 Å². The smallest absolute Gasteiger partial charge is 0.246 e. The molecule has 24 heavy (non-hydrogen) atoms. The zero-order valence-corrected chi connectivity index (χ0v) is 13.6. The summed E-state index contributed by atoms with van der Waals surface area (Å²) in [7, 11) is 1.63. The Labute approximate surface area is 141 Å². The van der Waals surface area contributed by atoms with Gasteiger partial charge in [-0.1, -0.05) is 12.1 Å². The van der Waals surface area contributed by atoms with Crippen molar-refractivity contribution in [2.75, 3.05) is 38.2 Å². The second kappa shape index (κ2) is 7.59. The highest BCUT2D eigenvalue weighted by Gasteiger charge is 2.20. The fraction of sp³-hybridized carbons (Fsp3) is 0.278. The van der Waals surface area contributed by atoms with Crippen LogP contribution in [0.25, 0.3) is 6.08 Å². The molecule has 1 aliphatic rings. The summed E-state index contributed by atoms with van der Waals surface area (Å²) < 4.78 is 5.19. The summed E-state index contributed by atoms with van der Waals surface area (Å²) in [4.78, 5) is 24.8.